The van der Waals surface area contributed by atoms with E-state index < -0.39 is 0 Å². The van der Waals surface area contributed by atoms with Gasteiger partial charge in [0.1, 0.15) is 5.82 Å². The number of benzene rings is 1. The molecule has 0 bridgehead atoms. The summed E-state index contributed by atoms with van der Waals surface area (Å²) in [7, 11) is 0. The summed E-state index contributed by atoms with van der Waals surface area (Å²) in [6.45, 7) is 5.06. The van der Waals surface area contributed by atoms with Crippen molar-refractivity contribution in [2.45, 2.75) is 19.5 Å². The maximum atomic E-state index is 13.2. The maximum absolute atomic E-state index is 13.2. The first-order chi connectivity index (χ1) is 12.6. The third-order valence-corrected chi connectivity index (χ3v) is 5.43. The molecule has 9 heteroatoms. The second-order valence-electron chi connectivity index (χ2n) is 6.76. The first-order valence-corrected chi connectivity index (χ1v) is 9.22. The van der Waals surface area contributed by atoms with E-state index in [0.717, 1.165) is 42.9 Å². The zero-order valence-electron chi connectivity index (χ0n) is 14.8. The van der Waals surface area contributed by atoms with Crippen LogP contribution in [0.15, 0.2) is 18.2 Å². The number of nitrogens with one attached hydrogen (secondary N) is 2. The van der Waals surface area contributed by atoms with Gasteiger partial charge in [0, 0.05) is 68.5 Å². The molecule has 4 rings (SSSR count). The number of nitrogens with zero attached hydrogens (tertiary/aromatic N) is 3. The molecule has 27 heavy (non-hydrogen) atoms. The summed E-state index contributed by atoms with van der Waals surface area (Å²) in [4.78, 5) is 16.9. The average molecular weight is 414 g/mol. The van der Waals surface area contributed by atoms with Crippen molar-refractivity contribution in [2.75, 3.05) is 32.7 Å². The van der Waals surface area contributed by atoms with Crippen molar-refractivity contribution in [1.82, 2.24) is 25.3 Å². The summed E-state index contributed by atoms with van der Waals surface area (Å²) in [5, 5.41) is 11.0. The van der Waals surface area contributed by atoms with E-state index in [0.29, 0.717) is 36.9 Å². The fourth-order valence-corrected chi connectivity index (χ4v) is 3.78. The van der Waals surface area contributed by atoms with Gasteiger partial charge in [-0.15, -0.1) is 12.4 Å². The number of piperazine rings is 1. The lowest BCUT2D eigenvalue weighted by molar-refractivity contribution is 0.0621. The number of hydrogen-bond acceptors (Lipinski definition) is 4. The van der Waals surface area contributed by atoms with Gasteiger partial charge in [0.15, 0.2) is 5.69 Å². The summed E-state index contributed by atoms with van der Waals surface area (Å²) in [6.07, 6.45) is 0.877. The van der Waals surface area contributed by atoms with Gasteiger partial charge in [-0.05, 0) is 17.7 Å². The molecule has 146 valence electrons. The van der Waals surface area contributed by atoms with Crippen molar-refractivity contribution in [3.05, 3.63) is 51.6 Å². The van der Waals surface area contributed by atoms with Gasteiger partial charge >= 0.3 is 0 Å². The fourth-order valence-electron chi connectivity index (χ4n) is 3.55. The molecule has 0 atom stereocenters. The van der Waals surface area contributed by atoms with E-state index in [9.17, 15) is 9.18 Å². The topological polar surface area (TPSA) is 64.3 Å². The first kappa shape index (κ1) is 20.1. The van der Waals surface area contributed by atoms with Crippen molar-refractivity contribution in [3.63, 3.8) is 0 Å². The first-order valence-electron chi connectivity index (χ1n) is 8.84. The van der Waals surface area contributed by atoms with Crippen LogP contribution in [0, 0.1) is 5.82 Å². The number of carbonyl (C=O) groups excluding carboxylic acids is 1. The Balaban J connectivity index is 0.00000210. The van der Waals surface area contributed by atoms with Crippen LogP contribution in [0.2, 0.25) is 5.02 Å². The molecule has 1 amide bonds. The lowest BCUT2D eigenvalue weighted by Gasteiger charge is -2.34. The van der Waals surface area contributed by atoms with Crippen LogP contribution in [0.3, 0.4) is 0 Å². The predicted molar refractivity (Wildman–Crippen MR) is 104 cm³/mol. The molecule has 0 unspecified atom stereocenters. The highest BCUT2D eigenvalue weighted by atomic mass is 35.5. The number of fused-ring (bicyclic) bond motifs is 1. The van der Waals surface area contributed by atoms with E-state index in [2.05, 4.69) is 20.4 Å². The molecule has 2 aliphatic heterocycles. The molecular formula is C18H22Cl2FN5O. The summed E-state index contributed by atoms with van der Waals surface area (Å²) in [5.74, 6) is -0.336. The number of aromatic amines is 1. The average Bonchev–Trinajstić information content (AvgIpc) is 3.08. The summed E-state index contributed by atoms with van der Waals surface area (Å²) >= 11 is 6.11. The number of amides is 1. The number of halogens is 3. The predicted octanol–water partition coefficient (Wildman–Crippen LogP) is 2.23. The quantitative estimate of drug-likeness (QED) is 0.809. The van der Waals surface area contributed by atoms with Crippen LogP contribution in [0.5, 0.6) is 0 Å². The monoisotopic (exact) mass is 413 g/mol. The zero-order chi connectivity index (χ0) is 18.1. The highest BCUT2D eigenvalue weighted by Crippen LogP contribution is 2.21. The van der Waals surface area contributed by atoms with E-state index in [1.54, 1.807) is 6.07 Å². The van der Waals surface area contributed by atoms with Crippen LogP contribution in [0.25, 0.3) is 0 Å². The minimum Gasteiger partial charge on any atom is -0.335 e. The van der Waals surface area contributed by atoms with Crippen molar-refractivity contribution in [2.24, 2.45) is 0 Å². The Labute approximate surface area is 168 Å². The minimum absolute atomic E-state index is 0. The molecule has 2 aliphatic rings. The molecule has 3 heterocycles. The molecule has 0 radical (unpaired) electrons. The van der Waals surface area contributed by atoms with Crippen LogP contribution >= 0.6 is 24.0 Å². The van der Waals surface area contributed by atoms with E-state index in [4.69, 9.17) is 11.6 Å². The van der Waals surface area contributed by atoms with Crippen molar-refractivity contribution < 1.29 is 9.18 Å². The second kappa shape index (κ2) is 8.56. The normalized spacial score (nSPS) is 17.3. The summed E-state index contributed by atoms with van der Waals surface area (Å²) < 4.78 is 13.2. The Kier molecular flexibility index (Phi) is 6.37. The van der Waals surface area contributed by atoms with E-state index in [1.165, 1.54) is 12.1 Å². The third kappa shape index (κ3) is 4.27. The Morgan fingerprint density at radius 1 is 1.26 bits per heavy atom. The number of aromatic nitrogens is 2. The van der Waals surface area contributed by atoms with Crippen LogP contribution < -0.4 is 5.32 Å². The molecule has 0 saturated carbocycles. The van der Waals surface area contributed by atoms with E-state index >= 15 is 0 Å². The van der Waals surface area contributed by atoms with Gasteiger partial charge < -0.3 is 10.2 Å². The van der Waals surface area contributed by atoms with Gasteiger partial charge in [-0.3, -0.25) is 14.8 Å². The Bertz CT molecular complexity index is 820. The molecular weight excluding hydrogens is 392 g/mol. The van der Waals surface area contributed by atoms with Gasteiger partial charge in [-0.1, -0.05) is 17.7 Å². The fraction of sp³-hybridized carbons (Fsp3) is 0.444. The van der Waals surface area contributed by atoms with Gasteiger partial charge in [-0.25, -0.2) is 4.39 Å². The van der Waals surface area contributed by atoms with Crippen LogP contribution in [0.1, 0.15) is 27.3 Å². The minimum atomic E-state index is -0.328. The van der Waals surface area contributed by atoms with Crippen molar-refractivity contribution in [1.29, 1.82) is 0 Å². The van der Waals surface area contributed by atoms with Gasteiger partial charge in [0.05, 0.1) is 0 Å². The molecule has 6 nitrogen and oxygen atoms in total. The van der Waals surface area contributed by atoms with E-state index in [-0.39, 0.29) is 24.1 Å². The standard InChI is InChI=1S/C18H21ClFN5O.ClH/c19-15-9-13(20)2-1-12(15)11-24-5-7-25(8-6-24)18(26)17-14-10-21-4-3-16(14)22-23-17;/h1-2,9,21H,3-8,10-11H2,(H,22,23);1H. The third-order valence-electron chi connectivity index (χ3n) is 5.08. The van der Waals surface area contributed by atoms with Crippen LogP contribution in [0.4, 0.5) is 4.39 Å². The van der Waals surface area contributed by atoms with Crippen LogP contribution in [-0.4, -0.2) is 58.6 Å². The zero-order valence-corrected chi connectivity index (χ0v) is 16.4. The molecule has 2 N–H and O–H groups in total. The number of carbonyl (C=O) groups is 1. The lowest BCUT2D eigenvalue weighted by Crippen LogP contribution is -2.48. The molecule has 0 aliphatic carbocycles. The summed E-state index contributed by atoms with van der Waals surface area (Å²) in [6, 6.07) is 4.49. The lowest BCUT2D eigenvalue weighted by atomic mass is 10.1. The molecule has 1 saturated heterocycles. The maximum Gasteiger partial charge on any atom is 0.274 e. The highest BCUT2D eigenvalue weighted by Gasteiger charge is 2.28. The smallest absolute Gasteiger partial charge is 0.274 e. The van der Waals surface area contributed by atoms with Crippen LogP contribution in [-0.2, 0) is 19.5 Å². The SMILES string of the molecule is Cl.O=C(c1n[nH]c2c1CNCC2)N1CCN(Cc2ccc(F)cc2Cl)CC1. The largest absolute Gasteiger partial charge is 0.335 e. The molecule has 2 aromatic rings. The summed E-state index contributed by atoms with van der Waals surface area (Å²) in [5.41, 5.74) is 3.51. The van der Waals surface area contributed by atoms with Crippen molar-refractivity contribution in [3.8, 4) is 0 Å². The van der Waals surface area contributed by atoms with Gasteiger partial charge in [0.25, 0.3) is 5.91 Å². The van der Waals surface area contributed by atoms with Gasteiger partial charge in [-0.2, -0.15) is 5.10 Å². The van der Waals surface area contributed by atoms with Crippen molar-refractivity contribution >= 4 is 29.9 Å². The number of rotatable bonds is 3. The number of hydrogen-bond donors (Lipinski definition) is 2. The highest BCUT2D eigenvalue weighted by molar-refractivity contribution is 6.31. The van der Waals surface area contributed by atoms with Gasteiger partial charge in [0.2, 0.25) is 0 Å². The Hall–Kier alpha value is -1.67. The van der Waals surface area contributed by atoms with E-state index in [1.807, 2.05) is 4.90 Å². The molecule has 0 spiro atoms. The number of H-pyrrole nitrogens is 1. The Morgan fingerprint density at radius 3 is 2.78 bits per heavy atom. The molecule has 1 aromatic carbocycles. The molecule has 1 fully saturated rings. The Morgan fingerprint density at radius 2 is 2.04 bits per heavy atom. The molecule has 1 aromatic heterocycles. The second-order valence-corrected chi connectivity index (χ2v) is 7.17.